The third kappa shape index (κ3) is 1.26. The van der Waals surface area contributed by atoms with Gasteiger partial charge in [-0.2, -0.15) is 0 Å². The molecule has 0 aromatic heterocycles. The lowest BCUT2D eigenvalue weighted by Crippen LogP contribution is -2.24. The van der Waals surface area contributed by atoms with Gasteiger partial charge in [-0.05, 0) is 18.8 Å². The number of fused-ring (bicyclic) bond motifs is 1. The second-order valence-corrected chi connectivity index (χ2v) is 4.83. The Morgan fingerprint density at radius 2 is 2.36 bits per heavy atom. The van der Waals surface area contributed by atoms with Crippen molar-refractivity contribution in [2.75, 3.05) is 6.61 Å². The van der Waals surface area contributed by atoms with Crippen molar-refractivity contribution in [1.82, 2.24) is 0 Å². The van der Waals surface area contributed by atoms with Gasteiger partial charge in [0.2, 0.25) is 0 Å². The van der Waals surface area contributed by atoms with Crippen LogP contribution >= 0.6 is 0 Å². The number of esters is 1. The van der Waals surface area contributed by atoms with E-state index in [1.807, 2.05) is 0 Å². The van der Waals surface area contributed by atoms with Crippen LogP contribution in [0.1, 0.15) is 33.1 Å². The Morgan fingerprint density at radius 1 is 1.64 bits per heavy atom. The highest BCUT2D eigenvalue weighted by molar-refractivity contribution is 6.08. The first-order valence-electron chi connectivity index (χ1n) is 5.28. The van der Waals surface area contributed by atoms with Crippen LogP contribution in [-0.2, 0) is 14.3 Å². The molecule has 1 aliphatic heterocycles. The molecule has 1 heterocycles. The average molecular weight is 196 g/mol. The number of carbonyl (C=O) groups excluding carboxylic acids is 2. The van der Waals surface area contributed by atoms with Crippen molar-refractivity contribution in [3.8, 4) is 0 Å². The molecule has 2 aliphatic rings. The van der Waals surface area contributed by atoms with Gasteiger partial charge in [0.1, 0.15) is 5.41 Å². The molecule has 78 valence electrons. The van der Waals surface area contributed by atoms with Crippen LogP contribution in [0.25, 0.3) is 0 Å². The molecule has 0 aromatic rings. The zero-order chi connectivity index (χ0) is 10.3. The van der Waals surface area contributed by atoms with Crippen LogP contribution in [0, 0.1) is 17.3 Å². The van der Waals surface area contributed by atoms with Crippen molar-refractivity contribution in [2.24, 2.45) is 17.3 Å². The Bertz CT molecular complexity index is 282. The smallest absolute Gasteiger partial charge is 0.320 e. The molecule has 0 radical (unpaired) electrons. The summed E-state index contributed by atoms with van der Waals surface area (Å²) in [6, 6.07) is 0. The molecule has 0 unspecified atom stereocenters. The largest absolute Gasteiger partial charge is 0.465 e. The minimum Gasteiger partial charge on any atom is -0.465 e. The molecule has 0 N–H and O–H groups in total. The van der Waals surface area contributed by atoms with E-state index in [2.05, 4.69) is 13.8 Å². The van der Waals surface area contributed by atoms with E-state index in [0.717, 1.165) is 12.8 Å². The van der Waals surface area contributed by atoms with Gasteiger partial charge >= 0.3 is 5.97 Å². The van der Waals surface area contributed by atoms with Crippen molar-refractivity contribution < 1.29 is 14.3 Å². The van der Waals surface area contributed by atoms with E-state index in [1.165, 1.54) is 0 Å². The number of rotatable bonds is 4. The minimum atomic E-state index is -0.686. The molecule has 0 bridgehead atoms. The highest BCUT2D eigenvalue weighted by atomic mass is 16.5. The minimum absolute atomic E-state index is 0.110. The van der Waals surface area contributed by atoms with Crippen molar-refractivity contribution >= 4 is 11.8 Å². The Morgan fingerprint density at radius 3 is 2.79 bits per heavy atom. The van der Waals surface area contributed by atoms with Gasteiger partial charge in [-0.3, -0.25) is 9.59 Å². The third-order valence-corrected chi connectivity index (χ3v) is 3.33. The normalized spacial score (nSPS) is 34.2. The molecule has 1 saturated carbocycles. The van der Waals surface area contributed by atoms with Gasteiger partial charge in [0.25, 0.3) is 0 Å². The summed E-state index contributed by atoms with van der Waals surface area (Å²) in [5.41, 5.74) is -0.686. The SMILES string of the molecule is CC(C)CCC(=O)[C@]12C[C@H]1COC2=O. The van der Waals surface area contributed by atoms with E-state index >= 15 is 0 Å². The molecular formula is C11H16O3. The predicted molar refractivity (Wildman–Crippen MR) is 50.6 cm³/mol. The summed E-state index contributed by atoms with van der Waals surface area (Å²) in [5, 5.41) is 0. The van der Waals surface area contributed by atoms with Crippen LogP contribution in [-0.4, -0.2) is 18.4 Å². The second-order valence-electron chi connectivity index (χ2n) is 4.83. The first kappa shape index (κ1) is 9.69. The number of cyclic esters (lactones) is 1. The van der Waals surface area contributed by atoms with E-state index in [-0.39, 0.29) is 17.7 Å². The molecule has 3 heteroatoms. The predicted octanol–water partition coefficient (Wildman–Crippen LogP) is 1.55. The van der Waals surface area contributed by atoms with E-state index < -0.39 is 5.41 Å². The molecule has 1 saturated heterocycles. The molecule has 14 heavy (non-hydrogen) atoms. The summed E-state index contributed by atoms with van der Waals surface area (Å²) in [5.74, 6) is 0.564. The van der Waals surface area contributed by atoms with E-state index in [9.17, 15) is 9.59 Å². The summed E-state index contributed by atoms with van der Waals surface area (Å²) < 4.78 is 4.89. The third-order valence-electron chi connectivity index (χ3n) is 3.33. The summed E-state index contributed by atoms with van der Waals surface area (Å²) in [6.45, 7) is 4.64. The molecule has 1 aliphatic carbocycles. The Kier molecular flexibility index (Phi) is 2.13. The van der Waals surface area contributed by atoms with Crippen LogP contribution in [0.3, 0.4) is 0 Å². The zero-order valence-corrected chi connectivity index (χ0v) is 8.71. The maximum Gasteiger partial charge on any atom is 0.320 e. The first-order valence-corrected chi connectivity index (χ1v) is 5.28. The number of hydrogen-bond acceptors (Lipinski definition) is 3. The lowest BCUT2D eigenvalue weighted by molar-refractivity contribution is -0.148. The average Bonchev–Trinajstić information content (AvgIpc) is 2.79. The van der Waals surface area contributed by atoms with E-state index in [0.29, 0.717) is 18.9 Å². The number of carbonyl (C=O) groups is 2. The number of hydrogen-bond donors (Lipinski definition) is 0. The number of ketones is 1. The van der Waals surface area contributed by atoms with Crippen molar-refractivity contribution in [1.29, 1.82) is 0 Å². The standard InChI is InChI=1S/C11H16O3/c1-7(2)3-4-9(12)11-5-8(11)6-14-10(11)13/h7-8H,3-6H2,1-2H3/t8-,11-/m0/s1. The Hall–Kier alpha value is -0.860. The fraction of sp³-hybridized carbons (Fsp3) is 0.818. The lowest BCUT2D eigenvalue weighted by atomic mass is 9.93. The highest BCUT2D eigenvalue weighted by Gasteiger charge is 2.69. The molecule has 0 amide bonds. The zero-order valence-electron chi connectivity index (χ0n) is 8.71. The van der Waals surface area contributed by atoms with Gasteiger partial charge in [0, 0.05) is 12.3 Å². The van der Waals surface area contributed by atoms with Gasteiger partial charge in [-0.1, -0.05) is 13.8 Å². The summed E-state index contributed by atoms with van der Waals surface area (Å²) >= 11 is 0. The van der Waals surface area contributed by atoms with Crippen LogP contribution in [0.4, 0.5) is 0 Å². The number of ether oxygens (including phenoxy) is 1. The monoisotopic (exact) mass is 196 g/mol. The first-order chi connectivity index (χ1) is 6.57. The van der Waals surface area contributed by atoms with Crippen molar-refractivity contribution in [3.05, 3.63) is 0 Å². The molecule has 0 spiro atoms. The van der Waals surface area contributed by atoms with Gasteiger partial charge in [0.15, 0.2) is 5.78 Å². The maximum atomic E-state index is 11.8. The molecule has 3 nitrogen and oxygen atoms in total. The molecule has 0 aromatic carbocycles. The quantitative estimate of drug-likeness (QED) is 0.506. The molecule has 2 atom stereocenters. The Labute approximate surface area is 83.8 Å². The molecular weight excluding hydrogens is 180 g/mol. The van der Waals surface area contributed by atoms with E-state index in [4.69, 9.17) is 4.74 Å². The van der Waals surface area contributed by atoms with Gasteiger partial charge in [-0.25, -0.2) is 0 Å². The maximum absolute atomic E-state index is 11.8. The van der Waals surface area contributed by atoms with Gasteiger partial charge in [-0.15, -0.1) is 0 Å². The molecule has 2 rings (SSSR count). The van der Waals surface area contributed by atoms with Crippen LogP contribution in [0.2, 0.25) is 0 Å². The summed E-state index contributed by atoms with van der Waals surface area (Å²) in [6.07, 6.45) is 2.15. The second kappa shape index (κ2) is 3.07. The van der Waals surface area contributed by atoms with Gasteiger partial charge < -0.3 is 4.74 Å². The Balaban J connectivity index is 1.96. The molecule has 2 fully saturated rings. The fourth-order valence-corrected chi connectivity index (χ4v) is 2.18. The fourth-order valence-electron chi connectivity index (χ4n) is 2.18. The summed E-state index contributed by atoms with van der Waals surface area (Å²) in [7, 11) is 0. The van der Waals surface area contributed by atoms with Crippen molar-refractivity contribution in [2.45, 2.75) is 33.1 Å². The summed E-state index contributed by atoms with van der Waals surface area (Å²) in [4.78, 5) is 23.2. The lowest BCUT2D eigenvalue weighted by Gasteiger charge is -2.09. The van der Waals surface area contributed by atoms with Gasteiger partial charge in [0.05, 0.1) is 6.61 Å². The van der Waals surface area contributed by atoms with Crippen LogP contribution < -0.4 is 0 Å². The van der Waals surface area contributed by atoms with Crippen LogP contribution in [0.15, 0.2) is 0 Å². The topological polar surface area (TPSA) is 43.4 Å². The highest BCUT2D eigenvalue weighted by Crippen LogP contribution is 2.58. The van der Waals surface area contributed by atoms with Crippen molar-refractivity contribution in [3.63, 3.8) is 0 Å². The van der Waals surface area contributed by atoms with Crippen LogP contribution in [0.5, 0.6) is 0 Å². The number of Topliss-reactive ketones (excluding diaryl/α,β-unsaturated/α-hetero) is 1. The van der Waals surface area contributed by atoms with E-state index in [1.54, 1.807) is 0 Å².